The third-order valence-electron chi connectivity index (χ3n) is 5.19. The normalized spacial score (nSPS) is 36.7. The van der Waals surface area contributed by atoms with Crippen LogP contribution in [0.1, 0.15) is 20.1 Å². The molecule has 2 aliphatic rings. The molecule has 0 spiro atoms. The molecule has 8 nitrogen and oxygen atoms in total. The molecule has 2 fully saturated rings. The molecular formula is C15H22N6O2. The van der Waals surface area contributed by atoms with Gasteiger partial charge >= 0.3 is 0 Å². The molecule has 2 aromatic heterocycles. The van der Waals surface area contributed by atoms with Crippen LogP contribution in [0.4, 0.5) is 5.82 Å². The summed E-state index contributed by atoms with van der Waals surface area (Å²) in [6.07, 6.45) is 3.14. The number of aromatic nitrogens is 4. The predicted octanol–water partition coefficient (Wildman–Crippen LogP) is 0.565. The van der Waals surface area contributed by atoms with Crippen LogP contribution in [0.2, 0.25) is 0 Å². The van der Waals surface area contributed by atoms with Crippen LogP contribution >= 0.6 is 0 Å². The number of methoxy groups -OCH3 is 1. The zero-order valence-electron chi connectivity index (χ0n) is 13.5. The van der Waals surface area contributed by atoms with E-state index in [0.717, 1.165) is 0 Å². The molecule has 6 atom stereocenters. The molecule has 2 aromatic rings. The Morgan fingerprint density at radius 3 is 2.83 bits per heavy atom. The Balaban J connectivity index is 1.77. The second kappa shape index (κ2) is 5.40. The van der Waals surface area contributed by atoms with Crippen LogP contribution in [0.25, 0.3) is 11.2 Å². The second-order valence-corrected chi connectivity index (χ2v) is 6.50. The first-order valence-electron chi connectivity index (χ1n) is 7.95. The van der Waals surface area contributed by atoms with E-state index in [2.05, 4.69) is 34.1 Å². The molecule has 0 amide bonds. The van der Waals surface area contributed by atoms with E-state index in [1.165, 1.54) is 6.33 Å². The summed E-state index contributed by atoms with van der Waals surface area (Å²) in [7, 11) is 1.71. The van der Waals surface area contributed by atoms with E-state index < -0.39 is 0 Å². The number of fused-ring (bicyclic) bond motifs is 2. The molecule has 4 unspecified atom stereocenters. The Morgan fingerprint density at radius 1 is 1.26 bits per heavy atom. The molecule has 4 heterocycles. The van der Waals surface area contributed by atoms with E-state index in [1.807, 2.05) is 4.57 Å². The molecule has 124 valence electrons. The molecule has 0 radical (unpaired) electrons. The van der Waals surface area contributed by atoms with Crippen LogP contribution in [0.15, 0.2) is 12.7 Å². The van der Waals surface area contributed by atoms with Gasteiger partial charge in [0.25, 0.3) is 0 Å². The number of nitrogens with one attached hydrogen (secondary N) is 1. The van der Waals surface area contributed by atoms with Gasteiger partial charge in [-0.25, -0.2) is 15.0 Å². The minimum Gasteiger partial charge on any atom is -0.382 e. The van der Waals surface area contributed by atoms with E-state index in [-0.39, 0.29) is 12.3 Å². The molecular weight excluding hydrogens is 296 g/mol. The van der Waals surface area contributed by atoms with E-state index in [9.17, 15) is 0 Å². The summed E-state index contributed by atoms with van der Waals surface area (Å²) < 4.78 is 13.7. The van der Waals surface area contributed by atoms with Crippen molar-refractivity contribution in [2.75, 3.05) is 19.5 Å². The van der Waals surface area contributed by atoms with Crippen LogP contribution in [0.3, 0.4) is 0 Å². The van der Waals surface area contributed by atoms with Crippen molar-refractivity contribution in [2.24, 2.45) is 11.8 Å². The standard InChI is InChI=1S/C15H22N6O2/c1-7-10-9(4-22-3)23-15(11(10)8(2)20-7)21-6-19-12-13(16)17-5-18-14(12)21/h5-11,15,20H,4H2,1-3H3,(H2,16,17,18)/t7?,8?,9-,10?,11?,15-/m1/s1. The quantitative estimate of drug-likeness (QED) is 0.853. The van der Waals surface area contributed by atoms with Gasteiger partial charge in [-0.05, 0) is 13.8 Å². The Kier molecular flexibility index (Phi) is 3.47. The Morgan fingerprint density at radius 2 is 2.04 bits per heavy atom. The third-order valence-corrected chi connectivity index (χ3v) is 5.19. The lowest BCUT2D eigenvalue weighted by molar-refractivity contribution is -0.0513. The lowest BCUT2D eigenvalue weighted by Crippen LogP contribution is -2.34. The topological polar surface area (TPSA) is 100 Å². The minimum atomic E-state index is -0.133. The first-order chi connectivity index (χ1) is 11.1. The number of nitrogen functional groups attached to an aromatic ring is 1. The maximum Gasteiger partial charge on any atom is 0.167 e. The number of anilines is 1. The monoisotopic (exact) mass is 318 g/mol. The number of rotatable bonds is 3. The average Bonchev–Trinajstić information content (AvgIpc) is 3.16. The van der Waals surface area contributed by atoms with E-state index in [1.54, 1.807) is 13.4 Å². The van der Waals surface area contributed by atoms with Crippen LogP contribution in [-0.2, 0) is 9.47 Å². The maximum atomic E-state index is 6.36. The van der Waals surface area contributed by atoms with Crippen LogP contribution in [-0.4, -0.2) is 51.4 Å². The van der Waals surface area contributed by atoms with Gasteiger partial charge in [0.1, 0.15) is 18.1 Å². The fourth-order valence-electron chi connectivity index (χ4n) is 4.29. The minimum absolute atomic E-state index is 0.0547. The number of hydrogen-bond donors (Lipinski definition) is 2. The molecule has 2 aliphatic heterocycles. The Hall–Kier alpha value is -1.77. The molecule has 3 N–H and O–H groups in total. The summed E-state index contributed by atoms with van der Waals surface area (Å²) in [5.74, 6) is 1.12. The summed E-state index contributed by atoms with van der Waals surface area (Å²) in [5, 5.41) is 3.63. The van der Waals surface area contributed by atoms with Gasteiger partial charge in [-0.3, -0.25) is 4.57 Å². The highest BCUT2D eigenvalue weighted by Gasteiger charge is 2.54. The molecule has 4 rings (SSSR count). The predicted molar refractivity (Wildman–Crippen MR) is 84.6 cm³/mol. The summed E-state index contributed by atoms with van der Waals surface area (Å²) in [6, 6.07) is 0.730. The van der Waals surface area contributed by atoms with Crippen molar-refractivity contribution in [3.63, 3.8) is 0 Å². The van der Waals surface area contributed by atoms with Gasteiger partial charge in [0.05, 0.1) is 19.0 Å². The SMILES string of the molecule is COC[C@H]1O[C@@H](n2cnc3c(N)ncnc32)C2C(C)NC(C)C21. The Bertz CT molecular complexity index is 719. The second-order valence-electron chi connectivity index (χ2n) is 6.50. The summed E-state index contributed by atoms with van der Waals surface area (Å²) in [4.78, 5) is 12.7. The summed E-state index contributed by atoms with van der Waals surface area (Å²) in [5.41, 5.74) is 7.23. The molecule has 0 saturated carbocycles. The van der Waals surface area contributed by atoms with Crippen molar-refractivity contribution in [1.29, 1.82) is 0 Å². The molecule has 0 aliphatic carbocycles. The van der Waals surface area contributed by atoms with Crippen molar-refractivity contribution in [3.05, 3.63) is 12.7 Å². The average molecular weight is 318 g/mol. The Labute approximate surface area is 134 Å². The highest BCUT2D eigenvalue weighted by atomic mass is 16.5. The van der Waals surface area contributed by atoms with E-state index in [0.29, 0.717) is 47.5 Å². The van der Waals surface area contributed by atoms with Gasteiger partial charge in [0.2, 0.25) is 0 Å². The first kappa shape index (κ1) is 14.8. The van der Waals surface area contributed by atoms with Gasteiger partial charge in [-0.1, -0.05) is 0 Å². The van der Waals surface area contributed by atoms with Crippen LogP contribution in [0.5, 0.6) is 0 Å². The highest BCUT2D eigenvalue weighted by Crippen LogP contribution is 2.47. The number of nitrogens with two attached hydrogens (primary N) is 1. The largest absolute Gasteiger partial charge is 0.382 e. The lowest BCUT2D eigenvalue weighted by Gasteiger charge is -2.23. The van der Waals surface area contributed by atoms with E-state index in [4.69, 9.17) is 15.2 Å². The number of hydrogen-bond acceptors (Lipinski definition) is 7. The van der Waals surface area contributed by atoms with Crippen LogP contribution < -0.4 is 11.1 Å². The summed E-state index contributed by atoms with van der Waals surface area (Å²) >= 11 is 0. The maximum absolute atomic E-state index is 6.36. The van der Waals surface area contributed by atoms with Crippen molar-refractivity contribution >= 4 is 17.0 Å². The number of ether oxygens (including phenoxy) is 2. The number of imidazole rings is 1. The van der Waals surface area contributed by atoms with Gasteiger partial charge in [-0.2, -0.15) is 0 Å². The fraction of sp³-hybridized carbons (Fsp3) is 0.667. The first-order valence-corrected chi connectivity index (χ1v) is 7.95. The molecule has 0 bridgehead atoms. The zero-order chi connectivity index (χ0) is 16.1. The smallest absolute Gasteiger partial charge is 0.167 e. The van der Waals surface area contributed by atoms with Gasteiger partial charge < -0.3 is 20.5 Å². The fourth-order valence-corrected chi connectivity index (χ4v) is 4.29. The van der Waals surface area contributed by atoms with Gasteiger partial charge in [0.15, 0.2) is 11.5 Å². The van der Waals surface area contributed by atoms with Gasteiger partial charge in [0, 0.05) is 31.0 Å². The van der Waals surface area contributed by atoms with Crippen molar-refractivity contribution in [2.45, 2.75) is 38.3 Å². The third kappa shape index (κ3) is 2.13. The van der Waals surface area contributed by atoms with Crippen molar-refractivity contribution in [1.82, 2.24) is 24.8 Å². The van der Waals surface area contributed by atoms with Crippen molar-refractivity contribution in [3.8, 4) is 0 Å². The lowest BCUT2D eigenvalue weighted by atomic mass is 9.85. The highest BCUT2D eigenvalue weighted by molar-refractivity contribution is 5.81. The molecule has 2 saturated heterocycles. The molecule has 8 heteroatoms. The molecule has 0 aromatic carbocycles. The van der Waals surface area contributed by atoms with Crippen LogP contribution in [0, 0.1) is 11.8 Å². The van der Waals surface area contributed by atoms with Gasteiger partial charge in [-0.15, -0.1) is 0 Å². The molecule has 23 heavy (non-hydrogen) atoms. The van der Waals surface area contributed by atoms with Crippen molar-refractivity contribution < 1.29 is 9.47 Å². The zero-order valence-corrected chi connectivity index (χ0v) is 13.5. The summed E-state index contributed by atoms with van der Waals surface area (Å²) in [6.45, 7) is 5.00. The van der Waals surface area contributed by atoms with E-state index >= 15 is 0 Å². The number of nitrogens with zero attached hydrogens (tertiary/aromatic N) is 4.